The molecule has 0 bridgehead atoms. The van der Waals surface area contributed by atoms with Gasteiger partial charge in [-0.05, 0) is 102 Å². The maximum atomic E-state index is 6.74. The Bertz CT molecular complexity index is 3090. The van der Waals surface area contributed by atoms with Crippen molar-refractivity contribution in [1.82, 2.24) is 0 Å². The summed E-state index contributed by atoms with van der Waals surface area (Å²) in [6.45, 7) is 0. The zero-order chi connectivity index (χ0) is 32.8. The summed E-state index contributed by atoms with van der Waals surface area (Å²) in [5, 5.41) is 11.7. The summed E-state index contributed by atoms with van der Waals surface area (Å²) in [5.74, 6) is 0. The second kappa shape index (κ2) is 10.4. The van der Waals surface area contributed by atoms with Gasteiger partial charge < -0.3 is 8.83 Å². The number of para-hydroxylation sites is 1. The highest BCUT2D eigenvalue weighted by atomic mass is 16.3. The van der Waals surface area contributed by atoms with Crippen LogP contribution in [0.1, 0.15) is 0 Å². The number of rotatable bonds is 3. The topological polar surface area (TPSA) is 26.3 Å². The third-order valence-corrected chi connectivity index (χ3v) is 10.5. The third-order valence-electron chi connectivity index (χ3n) is 10.5. The van der Waals surface area contributed by atoms with Gasteiger partial charge >= 0.3 is 0 Å². The Morgan fingerprint density at radius 3 is 1.64 bits per heavy atom. The molecule has 2 heteroatoms. The van der Waals surface area contributed by atoms with Gasteiger partial charge in [-0.2, -0.15) is 0 Å². The molecule has 11 rings (SSSR count). The van der Waals surface area contributed by atoms with Crippen molar-refractivity contribution >= 4 is 76.2 Å². The zero-order valence-electron chi connectivity index (χ0n) is 27.0. The number of fused-ring (bicyclic) bond motifs is 10. The van der Waals surface area contributed by atoms with E-state index in [0.717, 1.165) is 49.4 Å². The highest BCUT2D eigenvalue weighted by molar-refractivity contribution is 6.24. The number of hydrogen-bond acceptors (Lipinski definition) is 2. The summed E-state index contributed by atoms with van der Waals surface area (Å²) >= 11 is 0. The fourth-order valence-corrected chi connectivity index (χ4v) is 8.27. The van der Waals surface area contributed by atoms with E-state index in [1.165, 1.54) is 60.1 Å². The highest BCUT2D eigenvalue weighted by Gasteiger charge is 2.20. The molecule has 0 saturated carbocycles. The first-order valence-corrected chi connectivity index (χ1v) is 17.1. The second-order valence-electron chi connectivity index (χ2n) is 13.2. The van der Waals surface area contributed by atoms with Crippen LogP contribution in [0, 0.1) is 0 Å². The Labute approximate surface area is 287 Å². The zero-order valence-corrected chi connectivity index (χ0v) is 27.0. The Kier molecular flexibility index (Phi) is 5.70. The van der Waals surface area contributed by atoms with Crippen molar-refractivity contribution < 1.29 is 8.83 Å². The van der Waals surface area contributed by atoms with Crippen molar-refractivity contribution in [3.8, 4) is 33.4 Å². The van der Waals surface area contributed by atoms with Gasteiger partial charge in [0.1, 0.15) is 22.3 Å². The molecular weight excluding hydrogens is 609 g/mol. The van der Waals surface area contributed by atoms with Crippen LogP contribution in [0.25, 0.3) is 110 Å². The summed E-state index contributed by atoms with van der Waals surface area (Å²) in [4.78, 5) is 0. The van der Waals surface area contributed by atoms with E-state index in [0.29, 0.717) is 0 Å². The van der Waals surface area contributed by atoms with Gasteiger partial charge in [0.15, 0.2) is 0 Å². The lowest BCUT2D eigenvalue weighted by Crippen LogP contribution is -1.91. The molecule has 50 heavy (non-hydrogen) atoms. The third kappa shape index (κ3) is 3.90. The standard InChI is InChI=1S/C48H28O2/c1-2-15-33-29(11-1)12-10-21-34(33)30-13-9-14-31(27-30)45-36-16-3-5-18-38(36)46(39-19-6-4-17-37(39)45)32-23-24-35-40-25-26-43-47(48(40)50-44(35)28-32)41-20-7-8-22-42(41)49-43/h1-28H. The summed E-state index contributed by atoms with van der Waals surface area (Å²) in [7, 11) is 0. The largest absolute Gasteiger partial charge is 0.456 e. The Morgan fingerprint density at radius 2 is 0.880 bits per heavy atom. The van der Waals surface area contributed by atoms with Gasteiger partial charge in [-0.15, -0.1) is 0 Å². The minimum absolute atomic E-state index is 0.843. The summed E-state index contributed by atoms with van der Waals surface area (Å²) in [5.41, 5.74) is 10.7. The van der Waals surface area contributed by atoms with Crippen LogP contribution in [0.5, 0.6) is 0 Å². The lowest BCUT2D eigenvalue weighted by molar-refractivity contribution is 0.663. The number of furan rings is 2. The van der Waals surface area contributed by atoms with Gasteiger partial charge in [0.05, 0.1) is 5.39 Å². The SMILES string of the molecule is c1cc(-c2cccc3ccccc23)cc(-c2c3ccccc3c(-c3ccc4c(c3)oc3c4ccc4oc5ccccc5c43)c3ccccc23)c1. The smallest absolute Gasteiger partial charge is 0.147 e. The van der Waals surface area contributed by atoms with E-state index in [-0.39, 0.29) is 0 Å². The van der Waals surface area contributed by atoms with Crippen molar-refractivity contribution in [2.45, 2.75) is 0 Å². The van der Waals surface area contributed by atoms with Crippen LogP contribution in [-0.2, 0) is 0 Å². The molecule has 9 aromatic carbocycles. The van der Waals surface area contributed by atoms with Gasteiger partial charge in [0.2, 0.25) is 0 Å². The quantitative estimate of drug-likeness (QED) is 0.180. The summed E-state index contributed by atoms with van der Waals surface area (Å²) < 4.78 is 12.9. The predicted molar refractivity (Wildman–Crippen MR) is 210 cm³/mol. The van der Waals surface area contributed by atoms with Crippen LogP contribution in [0.2, 0.25) is 0 Å². The van der Waals surface area contributed by atoms with E-state index in [1.807, 2.05) is 12.1 Å². The second-order valence-corrected chi connectivity index (χ2v) is 13.2. The molecule has 0 amide bonds. The average molecular weight is 637 g/mol. The first-order valence-electron chi connectivity index (χ1n) is 17.1. The summed E-state index contributed by atoms with van der Waals surface area (Å²) in [6.07, 6.45) is 0. The van der Waals surface area contributed by atoms with E-state index >= 15 is 0 Å². The lowest BCUT2D eigenvalue weighted by atomic mass is 9.85. The molecule has 11 aromatic rings. The van der Waals surface area contributed by atoms with E-state index < -0.39 is 0 Å². The van der Waals surface area contributed by atoms with Gasteiger partial charge in [0, 0.05) is 16.2 Å². The molecule has 0 aliphatic carbocycles. The molecule has 0 unspecified atom stereocenters. The van der Waals surface area contributed by atoms with Crippen LogP contribution in [0.4, 0.5) is 0 Å². The first-order chi connectivity index (χ1) is 24.8. The average Bonchev–Trinajstić information content (AvgIpc) is 3.74. The van der Waals surface area contributed by atoms with E-state index in [4.69, 9.17) is 8.83 Å². The fourth-order valence-electron chi connectivity index (χ4n) is 8.27. The summed E-state index contributed by atoms with van der Waals surface area (Å²) in [6, 6.07) is 61.0. The highest BCUT2D eigenvalue weighted by Crippen LogP contribution is 2.46. The molecular formula is C48H28O2. The minimum Gasteiger partial charge on any atom is -0.456 e. The molecule has 2 aromatic heterocycles. The van der Waals surface area contributed by atoms with Crippen molar-refractivity contribution in [1.29, 1.82) is 0 Å². The molecule has 0 N–H and O–H groups in total. The fraction of sp³-hybridized carbons (Fsp3) is 0. The molecule has 0 radical (unpaired) electrons. The maximum absolute atomic E-state index is 6.74. The number of benzene rings is 9. The van der Waals surface area contributed by atoms with Crippen LogP contribution in [-0.4, -0.2) is 0 Å². The van der Waals surface area contributed by atoms with Crippen LogP contribution in [0.3, 0.4) is 0 Å². The van der Waals surface area contributed by atoms with Crippen LogP contribution >= 0.6 is 0 Å². The minimum atomic E-state index is 0.843. The van der Waals surface area contributed by atoms with Crippen molar-refractivity contribution in [2.75, 3.05) is 0 Å². The van der Waals surface area contributed by atoms with Gasteiger partial charge in [-0.25, -0.2) is 0 Å². The molecule has 0 aliphatic rings. The van der Waals surface area contributed by atoms with Crippen LogP contribution in [0.15, 0.2) is 179 Å². The van der Waals surface area contributed by atoms with E-state index in [1.54, 1.807) is 0 Å². The van der Waals surface area contributed by atoms with E-state index in [2.05, 4.69) is 158 Å². The molecule has 0 saturated heterocycles. The van der Waals surface area contributed by atoms with Crippen molar-refractivity contribution in [2.24, 2.45) is 0 Å². The predicted octanol–water partition coefficient (Wildman–Crippen LogP) is 13.9. The maximum Gasteiger partial charge on any atom is 0.147 e. The lowest BCUT2D eigenvalue weighted by Gasteiger charge is -2.18. The first kappa shape index (κ1) is 27.3. The molecule has 2 heterocycles. The number of hydrogen-bond donors (Lipinski definition) is 0. The molecule has 0 aliphatic heterocycles. The Hall–Kier alpha value is -6.64. The van der Waals surface area contributed by atoms with Crippen molar-refractivity contribution in [3.05, 3.63) is 170 Å². The van der Waals surface area contributed by atoms with Gasteiger partial charge in [-0.1, -0.05) is 133 Å². The Morgan fingerprint density at radius 1 is 0.300 bits per heavy atom. The Balaban J connectivity index is 1.15. The monoisotopic (exact) mass is 636 g/mol. The normalized spacial score (nSPS) is 12.0. The van der Waals surface area contributed by atoms with Gasteiger partial charge in [-0.3, -0.25) is 0 Å². The van der Waals surface area contributed by atoms with E-state index in [9.17, 15) is 0 Å². The molecule has 0 atom stereocenters. The van der Waals surface area contributed by atoms with Gasteiger partial charge in [0.25, 0.3) is 0 Å². The molecule has 2 nitrogen and oxygen atoms in total. The molecule has 0 fully saturated rings. The van der Waals surface area contributed by atoms with Crippen molar-refractivity contribution in [3.63, 3.8) is 0 Å². The van der Waals surface area contributed by atoms with Crippen LogP contribution < -0.4 is 0 Å². The molecule has 0 spiro atoms. The molecule has 232 valence electrons.